The van der Waals surface area contributed by atoms with Crippen LogP contribution in [0.3, 0.4) is 0 Å². The van der Waals surface area contributed by atoms with Gasteiger partial charge in [-0.2, -0.15) is 0 Å². The molecule has 1 aromatic rings. The number of rotatable bonds is 4. The summed E-state index contributed by atoms with van der Waals surface area (Å²) >= 11 is 0. The van der Waals surface area contributed by atoms with Gasteiger partial charge in [-0.15, -0.1) is 6.58 Å². The Labute approximate surface area is 87.3 Å². The minimum absolute atomic E-state index is 0.963. The Hall–Kier alpha value is -1.08. The van der Waals surface area contributed by atoms with E-state index in [9.17, 15) is 0 Å². The summed E-state index contributed by atoms with van der Waals surface area (Å²) in [7, 11) is 6.62. The predicted molar refractivity (Wildman–Crippen MR) is 62.1 cm³/mol. The lowest BCUT2D eigenvalue weighted by Crippen LogP contribution is -2.33. The van der Waals surface area contributed by atoms with E-state index >= 15 is 0 Å². The Morgan fingerprint density at radius 2 is 1.57 bits per heavy atom. The van der Waals surface area contributed by atoms with Crippen molar-refractivity contribution in [3.8, 4) is 0 Å². The van der Waals surface area contributed by atoms with Gasteiger partial charge >= 0.3 is 0 Å². The molecule has 0 radical (unpaired) electrons. The topological polar surface area (TPSA) is 0 Å². The highest BCUT2D eigenvalue weighted by Crippen LogP contribution is 2.09. The lowest BCUT2D eigenvalue weighted by molar-refractivity contribution is -0.884. The summed E-state index contributed by atoms with van der Waals surface area (Å²) in [6.07, 6.45) is 2.90. The van der Waals surface area contributed by atoms with Crippen LogP contribution >= 0.6 is 0 Å². The Kier molecular flexibility index (Phi) is 3.48. The number of benzene rings is 1. The summed E-state index contributed by atoms with van der Waals surface area (Å²) in [6.45, 7) is 4.81. The van der Waals surface area contributed by atoms with Gasteiger partial charge in [-0.3, -0.25) is 0 Å². The minimum atomic E-state index is 0.963. The molecule has 1 rings (SSSR count). The van der Waals surface area contributed by atoms with Gasteiger partial charge in [0.05, 0.1) is 21.1 Å². The van der Waals surface area contributed by atoms with E-state index in [1.54, 1.807) is 0 Å². The van der Waals surface area contributed by atoms with E-state index in [4.69, 9.17) is 0 Å². The van der Waals surface area contributed by atoms with Gasteiger partial charge in [-0.25, -0.2) is 0 Å². The van der Waals surface area contributed by atoms with Crippen molar-refractivity contribution in [2.75, 3.05) is 21.1 Å². The first kappa shape index (κ1) is 11.0. The van der Waals surface area contributed by atoms with Gasteiger partial charge in [0, 0.05) is 5.56 Å². The quantitative estimate of drug-likeness (QED) is 0.506. The van der Waals surface area contributed by atoms with Crippen molar-refractivity contribution in [2.45, 2.75) is 13.0 Å². The smallest absolute Gasteiger partial charge is 0.104 e. The van der Waals surface area contributed by atoms with Crippen molar-refractivity contribution in [1.82, 2.24) is 0 Å². The molecule has 1 aromatic carbocycles. The Morgan fingerprint density at radius 3 is 2.00 bits per heavy atom. The molecule has 76 valence electrons. The molecule has 0 aliphatic rings. The van der Waals surface area contributed by atoms with Crippen LogP contribution in [0.15, 0.2) is 36.9 Å². The third kappa shape index (κ3) is 3.75. The van der Waals surface area contributed by atoms with E-state index in [0.717, 1.165) is 17.4 Å². The molecule has 0 saturated carbocycles. The molecule has 0 aliphatic heterocycles. The Morgan fingerprint density at radius 1 is 1.07 bits per heavy atom. The molecule has 0 atom stereocenters. The first-order valence-corrected chi connectivity index (χ1v) is 5.00. The van der Waals surface area contributed by atoms with Crippen molar-refractivity contribution in [2.24, 2.45) is 0 Å². The SMILES string of the molecule is C=CCc1ccc(C[N+](C)(C)C)cc1. The van der Waals surface area contributed by atoms with Crippen LogP contribution in [0, 0.1) is 0 Å². The number of hydrogen-bond donors (Lipinski definition) is 0. The molecular weight excluding hydrogens is 170 g/mol. The molecule has 0 aliphatic carbocycles. The molecule has 0 aromatic heterocycles. The van der Waals surface area contributed by atoms with Gasteiger partial charge in [0.1, 0.15) is 6.54 Å². The Bertz CT molecular complexity index is 290. The second-order valence-corrected chi connectivity index (χ2v) is 4.76. The average Bonchev–Trinajstić information content (AvgIpc) is 2.06. The molecule has 0 heterocycles. The number of quaternary nitrogens is 1. The monoisotopic (exact) mass is 190 g/mol. The third-order valence-electron chi connectivity index (χ3n) is 2.06. The zero-order chi connectivity index (χ0) is 10.6. The molecule has 0 spiro atoms. The average molecular weight is 190 g/mol. The first-order valence-electron chi connectivity index (χ1n) is 5.00. The van der Waals surface area contributed by atoms with E-state index in [-0.39, 0.29) is 0 Å². The molecule has 1 heteroatoms. The van der Waals surface area contributed by atoms with Crippen LogP contribution in [0.25, 0.3) is 0 Å². The van der Waals surface area contributed by atoms with E-state index in [2.05, 4.69) is 52.0 Å². The van der Waals surface area contributed by atoms with Crippen LogP contribution in [0.5, 0.6) is 0 Å². The summed E-state index contributed by atoms with van der Waals surface area (Å²) in [5.74, 6) is 0. The lowest BCUT2D eigenvalue weighted by Gasteiger charge is -2.23. The van der Waals surface area contributed by atoms with E-state index in [1.165, 1.54) is 11.1 Å². The highest BCUT2D eigenvalue weighted by molar-refractivity contribution is 5.23. The summed E-state index contributed by atoms with van der Waals surface area (Å²) in [6, 6.07) is 8.80. The van der Waals surface area contributed by atoms with Crippen molar-refractivity contribution in [3.63, 3.8) is 0 Å². The minimum Gasteiger partial charge on any atom is -0.327 e. The number of allylic oxidation sites excluding steroid dienone is 1. The van der Waals surface area contributed by atoms with Crippen LogP contribution < -0.4 is 0 Å². The molecule has 0 saturated heterocycles. The zero-order valence-corrected chi connectivity index (χ0v) is 9.46. The zero-order valence-electron chi connectivity index (χ0n) is 9.46. The molecule has 0 fully saturated rings. The van der Waals surface area contributed by atoms with Crippen LogP contribution in [0.4, 0.5) is 0 Å². The van der Waals surface area contributed by atoms with E-state index in [0.29, 0.717) is 0 Å². The van der Waals surface area contributed by atoms with Crippen molar-refractivity contribution in [1.29, 1.82) is 0 Å². The van der Waals surface area contributed by atoms with Gasteiger partial charge < -0.3 is 4.48 Å². The van der Waals surface area contributed by atoms with E-state index in [1.807, 2.05) is 6.08 Å². The fraction of sp³-hybridized carbons (Fsp3) is 0.385. The molecular formula is C13H20N+. The predicted octanol–water partition coefficient (Wildman–Crippen LogP) is 2.62. The number of hydrogen-bond acceptors (Lipinski definition) is 0. The molecule has 0 amide bonds. The molecule has 0 N–H and O–H groups in total. The molecule has 0 unspecified atom stereocenters. The summed E-state index contributed by atoms with van der Waals surface area (Å²) < 4.78 is 0.973. The molecule has 14 heavy (non-hydrogen) atoms. The van der Waals surface area contributed by atoms with Crippen molar-refractivity contribution in [3.05, 3.63) is 48.0 Å². The molecule has 1 nitrogen and oxygen atoms in total. The van der Waals surface area contributed by atoms with Crippen molar-refractivity contribution >= 4 is 0 Å². The number of nitrogens with zero attached hydrogens (tertiary/aromatic N) is 1. The maximum Gasteiger partial charge on any atom is 0.104 e. The van der Waals surface area contributed by atoms with Gasteiger partial charge in [-0.05, 0) is 12.0 Å². The standard InChI is InChI=1S/C13H20N/c1-5-6-12-7-9-13(10-8-12)11-14(2,3)4/h5,7-10H,1,6,11H2,2-4H3/q+1. The summed E-state index contributed by atoms with van der Waals surface area (Å²) in [5.41, 5.74) is 2.73. The normalized spacial score (nSPS) is 11.4. The largest absolute Gasteiger partial charge is 0.327 e. The second-order valence-electron chi connectivity index (χ2n) is 4.76. The Balaban J connectivity index is 2.68. The van der Waals surface area contributed by atoms with Gasteiger partial charge in [0.25, 0.3) is 0 Å². The molecule has 0 bridgehead atoms. The maximum absolute atomic E-state index is 3.73. The van der Waals surface area contributed by atoms with Crippen molar-refractivity contribution < 1.29 is 4.48 Å². The van der Waals surface area contributed by atoms with Crippen LogP contribution in [-0.2, 0) is 13.0 Å². The summed E-state index contributed by atoms with van der Waals surface area (Å²) in [5, 5.41) is 0. The lowest BCUT2D eigenvalue weighted by atomic mass is 10.1. The highest BCUT2D eigenvalue weighted by Gasteiger charge is 2.07. The fourth-order valence-corrected chi connectivity index (χ4v) is 1.50. The fourth-order valence-electron chi connectivity index (χ4n) is 1.50. The first-order chi connectivity index (χ1) is 6.51. The van der Waals surface area contributed by atoms with Gasteiger partial charge in [0.2, 0.25) is 0 Å². The van der Waals surface area contributed by atoms with Crippen LogP contribution in [0.1, 0.15) is 11.1 Å². The third-order valence-corrected chi connectivity index (χ3v) is 2.06. The van der Waals surface area contributed by atoms with E-state index < -0.39 is 0 Å². The van der Waals surface area contributed by atoms with Gasteiger partial charge in [0.15, 0.2) is 0 Å². The second kappa shape index (κ2) is 4.43. The summed E-state index contributed by atoms with van der Waals surface area (Å²) in [4.78, 5) is 0. The highest BCUT2D eigenvalue weighted by atomic mass is 15.3. The van der Waals surface area contributed by atoms with Crippen LogP contribution in [-0.4, -0.2) is 25.6 Å². The van der Waals surface area contributed by atoms with Gasteiger partial charge in [-0.1, -0.05) is 30.3 Å². The maximum atomic E-state index is 3.73. The van der Waals surface area contributed by atoms with Crippen LogP contribution in [0.2, 0.25) is 0 Å².